The molecule has 0 amide bonds. The molecule has 0 spiro atoms. The van der Waals surface area contributed by atoms with E-state index in [1.54, 1.807) is 0 Å². The molecule has 0 aromatic heterocycles. The van der Waals surface area contributed by atoms with E-state index in [0.29, 0.717) is 17.5 Å². The van der Waals surface area contributed by atoms with Gasteiger partial charge in [0, 0.05) is 12.1 Å². The van der Waals surface area contributed by atoms with Gasteiger partial charge in [-0.1, -0.05) is 40.0 Å². The van der Waals surface area contributed by atoms with Crippen molar-refractivity contribution in [2.75, 3.05) is 0 Å². The fourth-order valence-electron chi connectivity index (χ4n) is 3.55. The molecule has 0 radical (unpaired) electrons. The van der Waals surface area contributed by atoms with Crippen LogP contribution in [0.4, 0.5) is 0 Å². The SMILES string of the molecule is CC1CC(N)CC(C)(C)C1.NC1CCCCC1. The average Bonchev–Trinajstić information content (AvgIpc) is 2.15. The molecular formula is C15H32N2. The maximum atomic E-state index is 5.90. The van der Waals surface area contributed by atoms with E-state index in [0.717, 1.165) is 5.92 Å². The van der Waals surface area contributed by atoms with Crippen molar-refractivity contribution in [1.82, 2.24) is 0 Å². The molecule has 2 rings (SSSR count). The number of nitrogens with two attached hydrogens (primary N) is 2. The summed E-state index contributed by atoms with van der Waals surface area (Å²) < 4.78 is 0. The molecule has 0 aliphatic heterocycles. The third-order valence-electron chi connectivity index (χ3n) is 4.07. The van der Waals surface area contributed by atoms with Gasteiger partial charge in [-0.15, -0.1) is 0 Å². The molecule has 0 aromatic rings. The Hall–Kier alpha value is -0.0800. The second kappa shape index (κ2) is 6.75. The van der Waals surface area contributed by atoms with Crippen LogP contribution in [-0.4, -0.2) is 12.1 Å². The van der Waals surface area contributed by atoms with E-state index in [1.165, 1.54) is 51.4 Å². The van der Waals surface area contributed by atoms with Gasteiger partial charge in [-0.2, -0.15) is 0 Å². The lowest BCUT2D eigenvalue weighted by Gasteiger charge is -2.37. The summed E-state index contributed by atoms with van der Waals surface area (Å²) in [4.78, 5) is 0. The van der Waals surface area contributed by atoms with E-state index in [2.05, 4.69) is 20.8 Å². The lowest BCUT2D eigenvalue weighted by atomic mass is 9.71. The van der Waals surface area contributed by atoms with Crippen molar-refractivity contribution in [2.24, 2.45) is 22.8 Å². The van der Waals surface area contributed by atoms with E-state index >= 15 is 0 Å². The Balaban J connectivity index is 0.000000181. The zero-order valence-electron chi connectivity index (χ0n) is 12.0. The quantitative estimate of drug-likeness (QED) is 0.681. The third-order valence-corrected chi connectivity index (χ3v) is 4.07. The molecule has 4 N–H and O–H groups in total. The lowest BCUT2D eigenvalue weighted by molar-refractivity contribution is 0.170. The maximum absolute atomic E-state index is 5.90. The van der Waals surface area contributed by atoms with Crippen molar-refractivity contribution in [3.05, 3.63) is 0 Å². The highest BCUT2D eigenvalue weighted by molar-refractivity contribution is 4.84. The van der Waals surface area contributed by atoms with Crippen LogP contribution in [0.15, 0.2) is 0 Å². The summed E-state index contributed by atoms with van der Waals surface area (Å²) in [5, 5.41) is 0. The third kappa shape index (κ3) is 6.42. The van der Waals surface area contributed by atoms with Crippen LogP contribution in [0.2, 0.25) is 0 Å². The van der Waals surface area contributed by atoms with Crippen molar-refractivity contribution < 1.29 is 0 Å². The Morgan fingerprint density at radius 2 is 1.47 bits per heavy atom. The van der Waals surface area contributed by atoms with Crippen molar-refractivity contribution >= 4 is 0 Å². The standard InChI is InChI=1S/C9H19N.C6H13N/c1-7-4-8(10)6-9(2,3)5-7;7-6-4-2-1-3-5-6/h7-8H,4-6,10H2,1-3H3;6H,1-5,7H2. The average molecular weight is 240 g/mol. The summed E-state index contributed by atoms with van der Waals surface area (Å²) in [6, 6.07) is 0.993. The highest BCUT2D eigenvalue weighted by Gasteiger charge is 2.29. The molecule has 2 nitrogen and oxygen atoms in total. The van der Waals surface area contributed by atoms with Gasteiger partial charge in [0.2, 0.25) is 0 Å². The Kier molecular flexibility index (Phi) is 5.94. The first-order valence-corrected chi connectivity index (χ1v) is 7.40. The van der Waals surface area contributed by atoms with Crippen LogP contribution < -0.4 is 11.5 Å². The molecule has 0 saturated heterocycles. The van der Waals surface area contributed by atoms with Crippen molar-refractivity contribution in [1.29, 1.82) is 0 Å². The summed E-state index contributed by atoms with van der Waals surface area (Å²) in [6.45, 7) is 6.95. The Labute approximate surface area is 108 Å². The Bertz CT molecular complexity index is 195. The van der Waals surface area contributed by atoms with Gasteiger partial charge in [-0.05, 0) is 43.4 Å². The highest BCUT2D eigenvalue weighted by atomic mass is 14.7. The van der Waals surface area contributed by atoms with Crippen LogP contribution in [0.1, 0.15) is 72.1 Å². The monoisotopic (exact) mass is 240 g/mol. The summed E-state index contributed by atoms with van der Waals surface area (Å²) in [5.41, 5.74) is 12.0. The topological polar surface area (TPSA) is 52.0 Å². The van der Waals surface area contributed by atoms with Crippen LogP contribution >= 0.6 is 0 Å². The Morgan fingerprint density at radius 3 is 1.82 bits per heavy atom. The van der Waals surface area contributed by atoms with Crippen LogP contribution in [-0.2, 0) is 0 Å². The lowest BCUT2D eigenvalue weighted by Crippen LogP contribution is -2.36. The smallest absolute Gasteiger partial charge is 0.00464 e. The highest BCUT2D eigenvalue weighted by Crippen LogP contribution is 2.37. The van der Waals surface area contributed by atoms with Gasteiger partial charge in [0.05, 0.1) is 0 Å². The van der Waals surface area contributed by atoms with Gasteiger partial charge >= 0.3 is 0 Å². The fourth-order valence-corrected chi connectivity index (χ4v) is 3.55. The van der Waals surface area contributed by atoms with Crippen molar-refractivity contribution in [2.45, 2.75) is 84.2 Å². The molecule has 2 saturated carbocycles. The molecule has 2 aliphatic rings. The van der Waals surface area contributed by atoms with Crippen molar-refractivity contribution in [3.63, 3.8) is 0 Å². The summed E-state index contributed by atoms with van der Waals surface area (Å²) >= 11 is 0. The van der Waals surface area contributed by atoms with Gasteiger partial charge in [0.15, 0.2) is 0 Å². The van der Waals surface area contributed by atoms with E-state index in [4.69, 9.17) is 11.5 Å². The van der Waals surface area contributed by atoms with Crippen LogP contribution in [0, 0.1) is 11.3 Å². The van der Waals surface area contributed by atoms with Gasteiger partial charge in [0.1, 0.15) is 0 Å². The van der Waals surface area contributed by atoms with E-state index < -0.39 is 0 Å². The van der Waals surface area contributed by atoms with Crippen LogP contribution in [0.25, 0.3) is 0 Å². The van der Waals surface area contributed by atoms with Crippen LogP contribution in [0.3, 0.4) is 0 Å². The first-order valence-electron chi connectivity index (χ1n) is 7.40. The molecule has 0 aromatic carbocycles. The zero-order chi connectivity index (χ0) is 12.9. The molecule has 2 aliphatic carbocycles. The minimum atomic E-state index is 0.457. The summed E-state index contributed by atoms with van der Waals surface area (Å²) in [5.74, 6) is 0.832. The molecule has 0 heterocycles. The number of hydrogen-bond acceptors (Lipinski definition) is 2. The number of rotatable bonds is 0. The fraction of sp³-hybridized carbons (Fsp3) is 1.00. The molecule has 102 valence electrons. The van der Waals surface area contributed by atoms with Gasteiger partial charge in [-0.25, -0.2) is 0 Å². The molecule has 2 atom stereocenters. The predicted molar refractivity (Wildman–Crippen MR) is 75.8 cm³/mol. The minimum Gasteiger partial charge on any atom is -0.328 e. The minimum absolute atomic E-state index is 0.457. The second-order valence-corrected chi connectivity index (χ2v) is 7.07. The Morgan fingerprint density at radius 1 is 0.882 bits per heavy atom. The first-order chi connectivity index (χ1) is 7.89. The summed E-state index contributed by atoms with van der Waals surface area (Å²) in [7, 11) is 0. The maximum Gasteiger partial charge on any atom is 0.00464 e. The molecule has 17 heavy (non-hydrogen) atoms. The zero-order valence-corrected chi connectivity index (χ0v) is 12.0. The predicted octanol–water partition coefficient (Wildman–Crippen LogP) is 3.44. The van der Waals surface area contributed by atoms with Gasteiger partial charge in [0.25, 0.3) is 0 Å². The first kappa shape index (κ1) is 15.0. The number of hydrogen-bond donors (Lipinski definition) is 2. The molecule has 2 fully saturated rings. The molecule has 0 bridgehead atoms. The largest absolute Gasteiger partial charge is 0.328 e. The normalized spacial score (nSPS) is 33.7. The molecule has 2 heteroatoms. The summed E-state index contributed by atoms with van der Waals surface area (Å²) in [6.07, 6.45) is 10.4. The van der Waals surface area contributed by atoms with Gasteiger partial charge < -0.3 is 11.5 Å². The van der Waals surface area contributed by atoms with Gasteiger partial charge in [-0.3, -0.25) is 0 Å². The molecule has 2 unspecified atom stereocenters. The van der Waals surface area contributed by atoms with E-state index in [-0.39, 0.29) is 0 Å². The van der Waals surface area contributed by atoms with E-state index in [9.17, 15) is 0 Å². The van der Waals surface area contributed by atoms with Crippen LogP contribution in [0.5, 0.6) is 0 Å². The second-order valence-electron chi connectivity index (χ2n) is 7.07. The van der Waals surface area contributed by atoms with E-state index in [1.807, 2.05) is 0 Å². The van der Waals surface area contributed by atoms with Crippen molar-refractivity contribution in [3.8, 4) is 0 Å². The molecular weight excluding hydrogens is 208 g/mol.